The summed E-state index contributed by atoms with van der Waals surface area (Å²) in [6, 6.07) is 14.5. The molecule has 0 saturated carbocycles. The average molecular weight is 281 g/mol. The van der Waals surface area contributed by atoms with Crippen LogP contribution in [0.4, 0.5) is 0 Å². The fraction of sp³-hybridized carbons (Fsp3) is 0.235. The number of benzene rings is 2. The molecule has 1 heterocycles. The van der Waals surface area contributed by atoms with Gasteiger partial charge in [0.05, 0.1) is 13.7 Å². The Morgan fingerprint density at radius 1 is 1.14 bits per heavy atom. The van der Waals surface area contributed by atoms with E-state index in [-0.39, 0.29) is 0 Å². The monoisotopic (exact) mass is 281 g/mol. The minimum atomic E-state index is 0.784. The quantitative estimate of drug-likeness (QED) is 0.706. The zero-order valence-corrected chi connectivity index (χ0v) is 12.1. The molecule has 0 aliphatic heterocycles. The van der Waals surface area contributed by atoms with Crippen molar-refractivity contribution in [3.63, 3.8) is 0 Å². The van der Waals surface area contributed by atoms with Crippen LogP contribution >= 0.6 is 0 Å². The fourth-order valence-electron chi connectivity index (χ4n) is 2.53. The van der Waals surface area contributed by atoms with Crippen molar-refractivity contribution >= 4 is 10.8 Å². The van der Waals surface area contributed by atoms with E-state index in [1.54, 1.807) is 13.3 Å². The number of aromatic nitrogens is 2. The van der Waals surface area contributed by atoms with Gasteiger partial charge in [-0.25, -0.2) is 0 Å². The molecule has 0 aliphatic carbocycles. The van der Waals surface area contributed by atoms with Gasteiger partial charge >= 0.3 is 0 Å². The highest BCUT2D eigenvalue weighted by Gasteiger charge is 2.07. The molecule has 4 nitrogen and oxygen atoms in total. The van der Waals surface area contributed by atoms with Gasteiger partial charge in [0, 0.05) is 31.0 Å². The molecule has 0 aliphatic rings. The van der Waals surface area contributed by atoms with Crippen molar-refractivity contribution < 1.29 is 4.74 Å². The van der Waals surface area contributed by atoms with Crippen LogP contribution < -0.4 is 10.1 Å². The zero-order valence-electron chi connectivity index (χ0n) is 12.1. The Bertz CT molecular complexity index is 707. The second kappa shape index (κ2) is 6.41. The standard InChI is InChI=1S/C17H19N3O/c1-21-17-8-7-14-5-2-3-6-15(14)16(17)13-18-10-12-20-11-4-9-19-20/h2-9,11,18H,10,12-13H2,1H3. The lowest BCUT2D eigenvalue weighted by Crippen LogP contribution is -2.20. The summed E-state index contributed by atoms with van der Waals surface area (Å²) in [6.07, 6.45) is 3.77. The van der Waals surface area contributed by atoms with Crippen LogP contribution in [0.3, 0.4) is 0 Å². The Morgan fingerprint density at radius 2 is 2.05 bits per heavy atom. The third kappa shape index (κ3) is 3.06. The first-order valence-corrected chi connectivity index (χ1v) is 7.11. The summed E-state index contributed by atoms with van der Waals surface area (Å²) in [5.41, 5.74) is 1.20. The number of nitrogens with zero attached hydrogens (tertiary/aromatic N) is 2. The molecule has 3 aromatic rings. The van der Waals surface area contributed by atoms with Crippen LogP contribution in [0, 0.1) is 0 Å². The lowest BCUT2D eigenvalue weighted by atomic mass is 10.0. The highest BCUT2D eigenvalue weighted by Crippen LogP contribution is 2.27. The topological polar surface area (TPSA) is 39.1 Å². The van der Waals surface area contributed by atoms with E-state index in [1.165, 1.54) is 16.3 Å². The molecular weight excluding hydrogens is 262 g/mol. The molecule has 0 atom stereocenters. The number of fused-ring (bicyclic) bond motifs is 1. The minimum absolute atomic E-state index is 0.784. The van der Waals surface area contributed by atoms with Crippen LogP contribution in [0.1, 0.15) is 5.56 Å². The van der Waals surface area contributed by atoms with Crippen molar-refractivity contribution in [2.75, 3.05) is 13.7 Å². The molecule has 3 rings (SSSR count). The van der Waals surface area contributed by atoms with E-state index in [9.17, 15) is 0 Å². The van der Waals surface area contributed by atoms with Crippen LogP contribution in [0.25, 0.3) is 10.8 Å². The average Bonchev–Trinajstić information content (AvgIpc) is 3.04. The Balaban J connectivity index is 1.72. The number of nitrogens with one attached hydrogen (secondary N) is 1. The summed E-state index contributed by atoms with van der Waals surface area (Å²) in [4.78, 5) is 0. The molecular formula is C17H19N3O. The fourth-order valence-corrected chi connectivity index (χ4v) is 2.53. The first-order valence-electron chi connectivity index (χ1n) is 7.11. The van der Waals surface area contributed by atoms with Crippen molar-refractivity contribution in [2.45, 2.75) is 13.1 Å². The summed E-state index contributed by atoms with van der Waals surface area (Å²) in [5, 5.41) is 10.1. The number of ether oxygens (including phenoxy) is 1. The van der Waals surface area contributed by atoms with Gasteiger partial charge in [0.1, 0.15) is 5.75 Å². The minimum Gasteiger partial charge on any atom is -0.496 e. The van der Waals surface area contributed by atoms with Gasteiger partial charge in [0.15, 0.2) is 0 Å². The van der Waals surface area contributed by atoms with E-state index >= 15 is 0 Å². The van der Waals surface area contributed by atoms with Gasteiger partial charge in [-0.1, -0.05) is 30.3 Å². The molecule has 0 amide bonds. The van der Waals surface area contributed by atoms with E-state index in [2.05, 4.69) is 40.7 Å². The lowest BCUT2D eigenvalue weighted by Gasteiger charge is -2.13. The highest BCUT2D eigenvalue weighted by molar-refractivity contribution is 5.87. The largest absolute Gasteiger partial charge is 0.496 e. The van der Waals surface area contributed by atoms with Crippen molar-refractivity contribution in [3.8, 4) is 5.75 Å². The molecule has 0 spiro atoms. The van der Waals surface area contributed by atoms with Crippen molar-refractivity contribution in [1.29, 1.82) is 0 Å². The summed E-state index contributed by atoms with van der Waals surface area (Å²) >= 11 is 0. The number of hydrogen-bond acceptors (Lipinski definition) is 3. The van der Waals surface area contributed by atoms with Crippen LogP contribution in [0.15, 0.2) is 54.9 Å². The molecule has 2 aromatic carbocycles. The second-order valence-electron chi connectivity index (χ2n) is 4.91. The first kappa shape index (κ1) is 13.6. The molecule has 21 heavy (non-hydrogen) atoms. The Hall–Kier alpha value is -2.33. The maximum absolute atomic E-state index is 5.50. The first-order chi connectivity index (χ1) is 10.4. The summed E-state index contributed by atoms with van der Waals surface area (Å²) in [6.45, 7) is 2.51. The van der Waals surface area contributed by atoms with E-state index < -0.39 is 0 Å². The SMILES string of the molecule is COc1ccc2ccccc2c1CNCCn1cccn1. The maximum Gasteiger partial charge on any atom is 0.123 e. The lowest BCUT2D eigenvalue weighted by molar-refractivity contribution is 0.408. The van der Waals surface area contributed by atoms with Gasteiger partial charge in [-0.3, -0.25) is 4.68 Å². The third-order valence-corrected chi connectivity index (χ3v) is 3.60. The second-order valence-corrected chi connectivity index (χ2v) is 4.91. The smallest absolute Gasteiger partial charge is 0.123 e. The molecule has 4 heteroatoms. The molecule has 0 bridgehead atoms. The molecule has 1 N–H and O–H groups in total. The maximum atomic E-state index is 5.50. The van der Waals surface area contributed by atoms with Crippen molar-refractivity contribution in [1.82, 2.24) is 15.1 Å². The summed E-state index contributed by atoms with van der Waals surface area (Å²) in [5.74, 6) is 0.931. The normalized spacial score (nSPS) is 10.9. The van der Waals surface area contributed by atoms with Gasteiger partial charge in [-0.2, -0.15) is 5.10 Å². The predicted molar refractivity (Wildman–Crippen MR) is 84.4 cm³/mol. The Kier molecular flexibility index (Phi) is 4.17. The molecule has 0 unspecified atom stereocenters. The van der Waals surface area contributed by atoms with Crippen LogP contribution in [0.2, 0.25) is 0 Å². The van der Waals surface area contributed by atoms with Crippen LogP contribution in [-0.2, 0) is 13.1 Å². The van der Waals surface area contributed by atoms with Crippen LogP contribution in [0.5, 0.6) is 5.75 Å². The summed E-state index contributed by atoms with van der Waals surface area (Å²) in [7, 11) is 1.72. The Morgan fingerprint density at radius 3 is 2.86 bits per heavy atom. The predicted octanol–water partition coefficient (Wildman–Crippen LogP) is 2.83. The van der Waals surface area contributed by atoms with Gasteiger partial charge in [0.2, 0.25) is 0 Å². The van der Waals surface area contributed by atoms with Gasteiger partial charge in [0.25, 0.3) is 0 Å². The van der Waals surface area contributed by atoms with Gasteiger partial charge < -0.3 is 10.1 Å². The van der Waals surface area contributed by atoms with E-state index in [1.807, 2.05) is 23.0 Å². The molecule has 0 saturated heterocycles. The number of methoxy groups -OCH3 is 1. The van der Waals surface area contributed by atoms with E-state index in [0.29, 0.717) is 0 Å². The zero-order chi connectivity index (χ0) is 14.5. The molecule has 108 valence electrons. The van der Waals surface area contributed by atoms with Crippen molar-refractivity contribution in [2.24, 2.45) is 0 Å². The van der Waals surface area contributed by atoms with Crippen LogP contribution in [-0.4, -0.2) is 23.4 Å². The van der Waals surface area contributed by atoms with E-state index in [4.69, 9.17) is 4.74 Å². The molecule has 0 radical (unpaired) electrons. The highest BCUT2D eigenvalue weighted by atomic mass is 16.5. The van der Waals surface area contributed by atoms with Crippen molar-refractivity contribution in [3.05, 3.63) is 60.4 Å². The van der Waals surface area contributed by atoms with Gasteiger partial charge in [-0.05, 0) is 22.9 Å². The van der Waals surface area contributed by atoms with E-state index in [0.717, 1.165) is 25.4 Å². The number of hydrogen-bond donors (Lipinski definition) is 1. The molecule has 0 fully saturated rings. The summed E-state index contributed by atoms with van der Waals surface area (Å²) < 4.78 is 7.42. The van der Waals surface area contributed by atoms with Gasteiger partial charge in [-0.15, -0.1) is 0 Å². The number of rotatable bonds is 6. The third-order valence-electron chi connectivity index (χ3n) is 3.60. The molecule has 1 aromatic heterocycles. The Labute approximate surface area is 124 Å².